The van der Waals surface area contributed by atoms with Crippen LogP contribution in [0.4, 0.5) is 0 Å². The largest absolute Gasteiger partial charge is 0.349 e. The number of hydrogen-bond donors (Lipinski definition) is 1. The van der Waals surface area contributed by atoms with Crippen LogP contribution in [0.25, 0.3) is 0 Å². The first-order valence-corrected chi connectivity index (χ1v) is 8.78. The molecule has 0 aliphatic rings. The van der Waals surface area contributed by atoms with Crippen molar-refractivity contribution in [2.75, 3.05) is 13.1 Å². The van der Waals surface area contributed by atoms with Crippen LogP contribution in [0.2, 0.25) is 0 Å². The molecule has 2 rings (SSSR count). The molecule has 24 heavy (non-hydrogen) atoms. The van der Waals surface area contributed by atoms with Crippen molar-refractivity contribution >= 4 is 5.91 Å². The highest BCUT2D eigenvalue weighted by molar-refractivity contribution is 5.94. The van der Waals surface area contributed by atoms with Crippen LogP contribution < -0.4 is 5.32 Å². The third kappa shape index (κ3) is 5.50. The Bertz CT molecular complexity index is 618. The molecule has 1 atom stereocenters. The van der Waals surface area contributed by atoms with E-state index in [9.17, 15) is 4.79 Å². The number of rotatable bonds is 8. The van der Waals surface area contributed by atoms with Crippen molar-refractivity contribution in [2.24, 2.45) is 0 Å². The molecule has 1 amide bonds. The van der Waals surface area contributed by atoms with Gasteiger partial charge in [-0.1, -0.05) is 56.3 Å². The minimum absolute atomic E-state index is 0.00665. The first-order chi connectivity index (χ1) is 11.6. The van der Waals surface area contributed by atoms with Crippen LogP contribution in [0.3, 0.4) is 0 Å². The fourth-order valence-corrected chi connectivity index (χ4v) is 2.79. The number of benzene rings is 2. The lowest BCUT2D eigenvalue weighted by Gasteiger charge is -2.18. The number of nitrogens with zero attached hydrogens (tertiary/aromatic N) is 1. The monoisotopic (exact) mass is 324 g/mol. The molecular weight excluding hydrogens is 296 g/mol. The molecule has 0 fully saturated rings. The Kier molecular flexibility index (Phi) is 7.01. The van der Waals surface area contributed by atoms with Crippen LogP contribution in [-0.4, -0.2) is 29.9 Å². The molecule has 0 radical (unpaired) electrons. The third-order valence-corrected chi connectivity index (χ3v) is 4.28. The summed E-state index contributed by atoms with van der Waals surface area (Å²) in [6.07, 6.45) is 0.840. The highest BCUT2D eigenvalue weighted by Gasteiger charge is 2.10. The van der Waals surface area contributed by atoms with Gasteiger partial charge >= 0.3 is 0 Å². The Labute approximate surface area is 145 Å². The van der Waals surface area contributed by atoms with Crippen molar-refractivity contribution in [3.05, 3.63) is 71.3 Å². The maximum atomic E-state index is 12.4. The van der Waals surface area contributed by atoms with Crippen LogP contribution in [-0.2, 0) is 13.0 Å². The SMILES string of the molecule is CCN(CC)Cc1ccc(C(=O)N[C@H](C)Cc2ccccc2)cc1. The van der Waals surface area contributed by atoms with E-state index in [0.717, 1.165) is 31.6 Å². The molecule has 0 heterocycles. The summed E-state index contributed by atoms with van der Waals surface area (Å²) in [5.74, 6) is -0.00665. The van der Waals surface area contributed by atoms with Crippen molar-refractivity contribution in [1.29, 1.82) is 0 Å². The molecular formula is C21H28N2O. The van der Waals surface area contributed by atoms with E-state index in [1.54, 1.807) is 0 Å². The van der Waals surface area contributed by atoms with E-state index < -0.39 is 0 Å². The highest BCUT2D eigenvalue weighted by Crippen LogP contribution is 2.09. The lowest BCUT2D eigenvalue weighted by Crippen LogP contribution is -2.34. The van der Waals surface area contributed by atoms with Gasteiger partial charge in [-0.25, -0.2) is 0 Å². The Morgan fingerprint density at radius 1 is 0.958 bits per heavy atom. The molecule has 0 unspecified atom stereocenters. The Hall–Kier alpha value is -2.13. The van der Waals surface area contributed by atoms with Gasteiger partial charge in [0.25, 0.3) is 5.91 Å². The third-order valence-electron chi connectivity index (χ3n) is 4.28. The van der Waals surface area contributed by atoms with Crippen LogP contribution in [0.1, 0.15) is 42.3 Å². The number of nitrogens with one attached hydrogen (secondary N) is 1. The molecule has 3 nitrogen and oxygen atoms in total. The summed E-state index contributed by atoms with van der Waals surface area (Å²) in [5, 5.41) is 3.08. The van der Waals surface area contributed by atoms with Crippen molar-refractivity contribution < 1.29 is 4.79 Å². The van der Waals surface area contributed by atoms with E-state index in [0.29, 0.717) is 0 Å². The molecule has 1 N–H and O–H groups in total. The van der Waals surface area contributed by atoms with Crippen molar-refractivity contribution in [3.63, 3.8) is 0 Å². The standard InChI is InChI=1S/C21H28N2O/c1-4-23(5-2)16-19-11-13-20(14-12-19)21(24)22-17(3)15-18-9-7-6-8-10-18/h6-14,17H,4-5,15-16H2,1-3H3,(H,22,24)/t17-/m1/s1. The predicted octanol–water partition coefficient (Wildman–Crippen LogP) is 3.89. The zero-order valence-corrected chi connectivity index (χ0v) is 15.0. The lowest BCUT2D eigenvalue weighted by atomic mass is 10.1. The number of hydrogen-bond acceptors (Lipinski definition) is 2. The predicted molar refractivity (Wildman–Crippen MR) is 100 cm³/mol. The van der Waals surface area contributed by atoms with E-state index in [1.165, 1.54) is 11.1 Å². The normalized spacial score (nSPS) is 12.2. The number of carbonyl (C=O) groups excluding carboxylic acids is 1. The van der Waals surface area contributed by atoms with Crippen molar-refractivity contribution in [2.45, 2.75) is 39.8 Å². The minimum atomic E-state index is -0.00665. The Balaban J connectivity index is 1.90. The maximum absolute atomic E-state index is 12.4. The molecule has 0 saturated heterocycles. The average molecular weight is 324 g/mol. The second-order valence-electron chi connectivity index (χ2n) is 6.22. The summed E-state index contributed by atoms with van der Waals surface area (Å²) in [6, 6.07) is 18.3. The lowest BCUT2D eigenvalue weighted by molar-refractivity contribution is 0.0940. The first kappa shape index (κ1) is 18.2. The van der Waals surface area contributed by atoms with Gasteiger partial charge in [0.15, 0.2) is 0 Å². The molecule has 2 aromatic rings. The maximum Gasteiger partial charge on any atom is 0.251 e. The van der Waals surface area contributed by atoms with Crippen LogP contribution in [0.15, 0.2) is 54.6 Å². The molecule has 3 heteroatoms. The summed E-state index contributed by atoms with van der Waals surface area (Å²) >= 11 is 0. The molecule has 0 aromatic heterocycles. The molecule has 0 saturated carbocycles. The van der Waals surface area contributed by atoms with Crippen molar-refractivity contribution in [1.82, 2.24) is 10.2 Å². The summed E-state index contributed by atoms with van der Waals surface area (Å²) in [6.45, 7) is 9.38. The number of carbonyl (C=O) groups is 1. The second kappa shape index (κ2) is 9.24. The van der Waals surface area contributed by atoms with E-state index >= 15 is 0 Å². The zero-order chi connectivity index (χ0) is 17.4. The van der Waals surface area contributed by atoms with Gasteiger partial charge < -0.3 is 5.32 Å². The molecule has 0 aliphatic heterocycles. The molecule has 0 spiro atoms. The molecule has 2 aromatic carbocycles. The van der Waals surface area contributed by atoms with Gasteiger partial charge in [0.2, 0.25) is 0 Å². The molecule has 128 valence electrons. The van der Waals surface area contributed by atoms with Gasteiger partial charge in [0, 0.05) is 18.2 Å². The van der Waals surface area contributed by atoms with Gasteiger partial charge in [0.05, 0.1) is 0 Å². The summed E-state index contributed by atoms with van der Waals surface area (Å²) in [4.78, 5) is 14.7. The van der Waals surface area contributed by atoms with Gasteiger partial charge in [0.1, 0.15) is 0 Å². The number of amides is 1. The highest BCUT2D eigenvalue weighted by atomic mass is 16.1. The summed E-state index contributed by atoms with van der Waals surface area (Å²) in [5.41, 5.74) is 3.20. The first-order valence-electron chi connectivity index (χ1n) is 8.78. The Morgan fingerprint density at radius 3 is 2.17 bits per heavy atom. The van der Waals surface area contributed by atoms with Crippen LogP contribution >= 0.6 is 0 Å². The zero-order valence-electron chi connectivity index (χ0n) is 15.0. The van der Waals surface area contributed by atoms with E-state index in [-0.39, 0.29) is 11.9 Å². The second-order valence-corrected chi connectivity index (χ2v) is 6.22. The van der Waals surface area contributed by atoms with E-state index in [1.807, 2.05) is 37.3 Å². The van der Waals surface area contributed by atoms with Gasteiger partial charge in [-0.2, -0.15) is 0 Å². The summed E-state index contributed by atoms with van der Waals surface area (Å²) < 4.78 is 0. The molecule has 0 aliphatic carbocycles. The van der Waals surface area contributed by atoms with Crippen molar-refractivity contribution in [3.8, 4) is 0 Å². The average Bonchev–Trinajstić information content (AvgIpc) is 2.60. The molecule has 0 bridgehead atoms. The van der Waals surface area contributed by atoms with Gasteiger partial charge in [-0.3, -0.25) is 9.69 Å². The van der Waals surface area contributed by atoms with E-state index in [4.69, 9.17) is 0 Å². The topological polar surface area (TPSA) is 32.3 Å². The Morgan fingerprint density at radius 2 is 1.58 bits per heavy atom. The quantitative estimate of drug-likeness (QED) is 0.799. The smallest absolute Gasteiger partial charge is 0.251 e. The van der Waals surface area contributed by atoms with Crippen LogP contribution in [0, 0.1) is 0 Å². The minimum Gasteiger partial charge on any atom is -0.349 e. The van der Waals surface area contributed by atoms with E-state index in [2.05, 4.69) is 48.3 Å². The fourth-order valence-electron chi connectivity index (χ4n) is 2.79. The fraction of sp³-hybridized carbons (Fsp3) is 0.381. The van der Waals surface area contributed by atoms with Gasteiger partial charge in [-0.05, 0) is 49.7 Å². The van der Waals surface area contributed by atoms with Gasteiger partial charge in [-0.15, -0.1) is 0 Å². The summed E-state index contributed by atoms with van der Waals surface area (Å²) in [7, 11) is 0. The van der Waals surface area contributed by atoms with Crippen LogP contribution in [0.5, 0.6) is 0 Å².